The summed E-state index contributed by atoms with van der Waals surface area (Å²) in [6.45, 7) is 4.06. The fourth-order valence-electron chi connectivity index (χ4n) is 2.34. The molecule has 0 saturated heterocycles. The van der Waals surface area contributed by atoms with Gasteiger partial charge in [-0.3, -0.25) is 4.98 Å². The topological polar surface area (TPSA) is 24.9 Å². The highest BCUT2D eigenvalue weighted by molar-refractivity contribution is 5.23. The molecule has 0 spiro atoms. The first kappa shape index (κ1) is 14.7. The fourth-order valence-corrected chi connectivity index (χ4v) is 2.34. The Morgan fingerprint density at radius 1 is 1.20 bits per heavy atom. The first-order valence-corrected chi connectivity index (χ1v) is 7.14. The first-order valence-electron chi connectivity index (χ1n) is 7.14. The molecule has 1 unspecified atom stereocenters. The average molecular weight is 272 g/mol. The maximum atomic E-state index is 13.2. The van der Waals surface area contributed by atoms with Crippen molar-refractivity contribution in [1.82, 2.24) is 10.3 Å². The van der Waals surface area contributed by atoms with Gasteiger partial charge in [-0.15, -0.1) is 0 Å². The summed E-state index contributed by atoms with van der Waals surface area (Å²) in [5.41, 5.74) is 2.22. The molecule has 3 heteroatoms. The van der Waals surface area contributed by atoms with E-state index in [4.69, 9.17) is 0 Å². The van der Waals surface area contributed by atoms with Crippen LogP contribution >= 0.6 is 0 Å². The van der Waals surface area contributed by atoms with Gasteiger partial charge in [0, 0.05) is 18.7 Å². The second-order valence-corrected chi connectivity index (χ2v) is 5.03. The van der Waals surface area contributed by atoms with Crippen molar-refractivity contribution < 1.29 is 4.39 Å². The number of nitrogens with one attached hydrogen (secondary N) is 1. The van der Waals surface area contributed by atoms with Gasteiger partial charge in [0.25, 0.3) is 0 Å². The van der Waals surface area contributed by atoms with Gasteiger partial charge < -0.3 is 5.32 Å². The van der Waals surface area contributed by atoms with Crippen LogP contribution in [0.15, 0.2) is 48.8 Å². The van der Waals surface area contributed by atoms with E-state index in [0.29, 0.717) is 5.92 Å². The molecule has 0 saturated carbocycles. The van der Waals surface area contributed by atoms with Crippen LogP contribution in [0.1, 0.15) is 30.4 Å². The summed E-state index contributed by atoms with van der Waals surface area (Å²) in [4.78, 5) is 3.93. The Balaban J connectivity index is 2.10. The number of benzene rings is 1. The van der Waals surface area contributed by atoms with E-state index >= 15 is 0 Å². The lowest BCUT2D eigenvalue weighted by molar-refractivity contribution is 0.571. The Hall–Kier alpha value is -1.74. The lowest BCUT2D eigenvalue weighted by Gasteiger charge is -2.18. The van der Waals surface area contributed by atoms with Crippen molar-refractivity contribution in [3.63, 3.8) is 0 Å². The second-order valence-electron chi connectivity index (χ2n) is 5.03. The molecule has 2 aromatic rings. The Bertz CT molecular complexity index is 513. The summed E-state index contributed by atoms with van der Waals surface area (Å²) < 4.78 is 13.2. The van der Waals surface area contributed by atoms with Crippen molar-refractivity contribution in [2.75, 3.05) is 13.1 Å². The van der Waals surface area contributed by atoms with Crippen LogP contribution in [0.2, 0.25) is 0 Å². The molecule has 1 atom stereocenters. The SMILES string of the molecule is CCCNCC(Cc1cncc(F)c1)c1ccccc1. The van der Waals surface area contributed by atoms with E-state index in [9.17, 15) is 4.39 Å². The predicted octanol–water partition coefficient (Wildman–Crippen LogP) is 3.55. The summed E-state index contributed by atoms with van der Waals surface area (Å²) in [7, 11) is 0. The highest BCUT2D eigenvalue weighted by Gasteiger charge is 2.12. The summed E-state index contributed by atoms with van der Waals surface area (Å²) in [6, 6.07) is 11.9. The number of nitrogens with zero attached hydrogens (tertiary/aromatic N) is 1. The normalized spacial score (nSPS) is 12.3. The van der Waals surface area contributed by atoms with Gasteiger partial charge in [-0.1, -0.05) is 37.3 Å². The van der Waals surface area contributed by atoms with Crippen LogP contribution < -0.4 is 5.32 Å². The van der Waals surface area contributed by atoms with Gasteiger partial charge >= 0.3 is 0 Å². The van der Waals surface area contributed by atoms with Crippen LogP contribution in [0, 0.1) is 5.82 Å². The summed E-state index contributed by atoms with van der Waals surface area (Å²) in [5, 5.41) is 3.45. The van der Waals surface area contributed by atoms with Crippen molar-refractivity contribution >= 4 is 0 Å². The smallest absolute Gasteiger partial charge is 0.141 e. The number of pyridine rings is 1. The lowest BCUT2D eigenvalue weighted by atomic mass is 9.92. The Morgan fingerprint density at radius 2 is 2.00 bits per heavy atom. The van der Waals surface area contributed by atoms with Crippen molar-refractivity contribution in [2.45, 2.75) is 25.7 Å². The summed E-state index contributed by atoms with van der Waals surface area (Å²) in [5.74, 6) is 0.0715. The van der Waals surface area contributed by atoms with Gasteiger partial charge in [0.15, 0.2) is 0 Å². The third kappa shape index (κ3) is 4.42. The summed E-state index contributed by atoms with van der Waals surface area (Å²) >= 11 is 0. The maximum absolute atomic E-state index is 13.2. The van der Waals surface area contributed by atoms with E-state index in [-0.39, 0.29) is 5.82 Å². The van der Waals surface area contributed by atoms with E-state index in [1.807, 2.05) is 18.2 Å². The zero-order chi connectivity index (χ0) is 14.2. The van der Waals surface area contributed by atoms with Crippen LogP contribution in [0.5, 0.6) is 0 Å². The molecule has 1 aromatic heterocycles. The molecular weight excluding hydrogens is 251 g/mol. The highest BCUT2D eigenvalue weighted by atomic mass is 19.1. The van der Waals surface area contributed by atoms with Crippen molar-refractivity contribution in [2.24, 2.45) is 0 Å². The molecule has 0 radical (unpaired) electrons. The van der Waals surface area contributed by atoms with Crippen LogP contribution in [-0.2, 0) is 6.42 Å². The Labute approximate surface area is 120 Å². The Morgan fingerprint density at radius 3 is 2.70 bits per heavy atom. The third-order valence-corrected chi connectivity index (χ3v) is 3.33. The molecule has 106 valence electrons. The molecule has 1 N–H and O–H groups in total. The first-order chi connectivity index (χ1) is 9.79. The fraction of sp³-hybridized carbons (Fsp3) is 0.353. The number of halogens is 1. The molecule has 0 aliphatic heterocycles. The molecule has 0 aliphatic carbocycles. The number of hydrogen-bond acceptors (Lipinski definition) is 2. The predicted molar refractivity (Wildman–Crippen MR) is 80.2 cm³/mol. The van der Waals surface area contributed by atoms with Gasteiger partial charge in [0.2, 0.25) is 0 Å². The van der Waals surface area contributed by atoms with Gasteiger partial charge in [-0.25, -0.2) is 4.39 Å². The minimum Gasteiger partial charge on any atom is -0.316 e. The molecule has 0 amide bonds. The highest BCUT2D eigenvalue weighted by Crippen LogP contribution is 2.20. The number of aromatic nitrogens is 1. The van der Waals surface area contributed by atoms with E-state index < -0.39 is 0 Å². The van der Waals surface area contributed by atoms with E-state index in [1.54, 1.807) is 12.3 Å². The van der Waals surface area contributed by atoms with Crippen molar-refractivity contribution in [1.29, 1.82) is 0 Å². The molecular formula is C17H21FN2. The van der Waals surface area contributed by atoms with Crippen LogP contribution in [0.4, 0.5) is 4.39 Å². The number of rotatable bonds is 7. The largest absolute Gasteiger partial charge is 0.316 e. The second kappa shape index (κ2) is 7.75. The minimum atomic E-state index is -0.268. The van der Waals surface area contributed by atoms with E-state index in [0.717, 1.165) is 31.5 Å². The zero-order valence-corrected chi connectivity index (χ0v) is 11.8. The van der Waals surface area contributed by atoms with E-state index in [2.05, 4.69) is 29.4 Å². The average Bonchev–Trinajstić information content (AvgIpc) is 2.47. The maximum Gasteiger partial charge on any atom is 0.141 e. The van der Waals surface area contributed by atoms with Crippen molar-refractivity contribution in [3.8, 4) is 0 Å². The zero-order valence-electron chi connectivity index (χ0n) is 11.8. The molecule has 1 aromatic carbocycles. The van der Waals surface area contributed by atoms with Gasteiger partial charge in [0.05, 0.1) is 6.20 Å². The molecule has 2 nitrogen and oxygen atoms in total. The monoisotopic (exact) mass is 272 g/mol. The summed E-state index contributed by atoms with van der Waals surface area (Å²) in [6.07, 6.45) is 4.91. The van der Waals surface area contributed by atoms with Crippen LogP contribution in [0.25, 0.3) is 0 Å². The standard InChI is InChI=1S/C17H21FN2/c1-2-8-19-12-16(15-6-4-3-5-7-15)9-14-10-17(18)13-20-11-14/h3-7,10-11,13,16,19H,2,8-9,12H2,1H3. The Kier molecular flexibility index (Phi) is 5.69. The van der Waals surface area contributed by atoms with Crippen LogP contribution in [0.3, 0.4) is 0 Å². The minimum absolute atomic E-state index is 0.268. The lowest BCUT2D eigenvalue weighted by Crippen LogP contribution is -2.23. The third-order valence-electron chi connectivity index (χ3n) is 3.33. The van der Waals surface area contributed by atoms with Gasteiger partial charge in [-0.05, 0) is 36.6 Å². The van der Waals surface area contributed by atoms with Gasteiger partial charge in [0.1, 0.15) is 5.82 Å². The van der Waals surface area contributed by atoms with E-state index in [1.165, 1.54) is 11.8 Å². The molecule has 0 aliphatic rings. The molecule has 20 heavy (non-hydrogen) atoms. The molecule has 0 fully saturated rings. The number of hydrogen-bond donors (Lipinski definition) is 1. The molecule has 0 bridgehead atoms. The van der Waals surface area contributed by atoms with Crippen LogP contribution in [-0.4, -0.2) is 18.1 Å². The molecule has 1 heterocycles. The molecule has 2 rings (SSSR count). The van der Waals surface area contributed by atoms with Crippen molar-refractivity contribution in [3.05, 3.63) is 65.7 Å². The van der Waals surface area contributed by atoms with Gasteiger partial charge in [-0.2, -0.15) is 0 Å². The quantitative estimate of drug-likeness (QED) is 0.780.